The summed E-state index contributed by atoms with van der Waals surface area (Å²) in [5, 5.41) is 2.55. The Bertz CT molecular complexity index is 2950. The number of aromatic nitrogens is 3. The van der Waals surface area contributed by atoms with E-state index in [4.69, 9.17) is 15.0 Å². The minimum absolute atomic E-state index is 0.621. The highest BCUT2D eigenvalue weighted by Gasteiger charge is 2.18. The lowest BCUT2D eigenvalue weighted by Crippen LogP contribution is -2.01. The lowest BCUT2D eigenvalue weighted by atomic mass is 9.95. The van der Waals surface area contributed by atoms with Crippen molar-refractivity contribution in [2.75, 3.05) is 0 Å². The number of nitrogens with zero attached hydrogens (tertiary/aromatic N) is 3. The Balaban J connectivity index is 1.18. The van der Waals surface area contributed by atoms with Crippen LogP contribution in [0.1, 0.15) is 0 Å². The predicted molar refractivity (Wildman–Crippen MR) is 231 cm³/mol. The number of hydrogen-bond acceptors (Lipinski definition) is 4. The molecule has 0 amide bonds. The zero-order valence-corrected chi connectivity index (χ0v) is 30.6. The topological polar surface area (TPSA) is 38.7 Å². The van der Waals surface area contributed by atoms with Crippen molar-refractivity contribution in [3.05, 3.63) is 200 Å². The number of rotatable bonds is 7. The Labute approximate surface area is 323 Å². The normalized spacial score (nSPS) is 11.3. The molecule has 0 aliphatic carbocycles. The van der Waals surface area contributed by atoms with E-state index in [0.717, 1.165) is 55.6 Å². The Morgan fingerprint density at radius 2 is 0.709 bits per heavy atom. The molecule has 0 radical (unpaired) electrons. The predicted octanol–water partition coefficient (Wildman–Crippen LogP) is 13.9. The first-order valence-electron chi connectivity index (χ1n) is 18.4. The molecule has 2 heterocycles. The van der Waals surface area contributed by atoms with Gasteiger partial charge in [-0.15, -0.1) is 11.3 Å². The summed E-state index contributed by atoms with van der Waals surface area (Å²) in [5.41, 5.74) is 11.8. The van der Waals surface area contributed by atoms with Crippen LogP contribution in [-0.2, 0) is 0 Å². The molecule has 0 bridgehead atoms. The highest BCUT2D eigenvalue weighted by atomic mass is 32.1. The van der Waals surface area contributed by atoms with Crippen LogP contribution in [0.4, 0.5) is 0 Å². The summed E-state index contributed by atoms with van der Waals surface area (Å²) >= 11 is 1.84. The average Bonchev–Trinajstić information content (AvgIpc) is 3.65. The molecule has 0 unspecified atom stereocenters. The van der Waals surface area contributed by atoms with Gasteiger partial charge in [0.1, 0.15) is 0 Å². The van der Waals surface area contributed by atoms with Gasteiger partial charge in [0.2, 0.25) is 0 Å². The van der Waals surface area contributed by atoms with Crippen molar-refractivity contribution >= 4 is 31.5 Å². The SMILES string of the molecule is c1ccc(-c2ccc(-c3nc(-c4cc(-c5ccccc5)cc(-c5ccc6sc7ccccc7c6c5)c4)nc(-c4ccccc4-c4ccccc4)n3)cc2)cc1. The highest BCUT2D eigenvalue weighted by Crippen LogP contribution is 2.39. The summed E-state index contributed by atoms with van der Waals surface area (Å²) in [6, 6.07) is 70.5. The van der Waals surface area contributed by atoms with Crippen LogP contribution in [0.25, 0.3) is 98.8 Å². The Morgan fingerprint density at radius 1 is 0.255 bits per heavy atom. The summed E-state index contributed by atoms with van der Waals surface area (Å²) in [4.78, 5) is 15.7. The maximum Gasteiger partial charge on any atom is 0.164 e. The van der Waals surface area contributed by atoms with Crippen molar-refractivity contribution in [3.63, 3.8) is 0 Å². The number of benzene rings is 8. The summed E-state index contributed by atoms with van der Waals surface area (Å²) in [6.45, 7) is 0. The largest absolute Gasteiger partial charge is 0.208 e. The molecule has 0 aliphatic rings. The minimum atomic E-state index is 0.621. The standard InChI is InChI=1S/C51H33N3S/c1-4-14-34(15-5-1)36-24-26-38(27-25-36)49-52-50(54-51(53-49)45-22-11-10-20-43(45)37-18-8-3-9-19-37)42-31-40(35-16-6-2-7-17-35)30-41(32-42)39-28-29-48-46(33-39)44-21-12-13-23-47(44)55-48/h1-33H. The van der Waals surface area contributed by atoms with Crippen molar-refractivity contribution in [1.82, 2.24) is 15.0 Å². The van der Waals surface area contributed by atoms with Crippen molar-refractivity contribution in [2.45, 2.75) is 0 Å². The molecule has 0 fully saturated rings. The van der Waals surface area contributed by atoms with Crippen molar-refractivity contribution in [2.24, 2.45) is 0 Å². The van der Waals surface area contributed by atoms with E-state index in [-0.39, 0.29) is 0 Å². The fourth-order valence-corrected chi connectivity index (χ4v) is 8.46. The first-order valence-corrected chi connectivity index (χ1v) is 19.2. The van der Waals surface area contributed by atoms with E-state index >= 15 is 0 Å². The van der Waals surface area contributed by atoms with Gasteiger partial charge in [0.05, 0.1) is 0 Å². The van der Waals surface area contributed by atoms with E-state index in [1.165, 1.54) is 25.7 Å². The molecule has 4 heteroatoms. The fourth-order valence-electron chi connectivity index (χ4n) is 7.37. The van der Waals surface area contributed by atoms with Crippen LogP contribution in [0.5, 0.6) is 0 Å². The fraction of sp³-hybridized carbons (Fsp3) is 0. The summed E-state index contributed by atoms with van der Waals surface area (Å²) in [7, 11) is 0. The zero-order chi connectivity index (χ0) is 36.6. The quantitative estimate of drug-likeness (QED) is 0.165. The van der Waals surface area contributed by atoms with Crippen molar-refractivity contribution in [3.8, 4) is 78.7 Å². The van der Waals surface area contributed by atoms with Gasteiger partial charge < -0.3 is 0 Å². The molecule has 0 saturated heterocycles. The molecule has 55 heavy (non-hydrogen) atoms. The van der Waals surface area contributed by atoms with E-state index in [9.17, 15) is 0 Å². The molecule has 2 aromatic heterocycles. The molecule has 0 N–H and O–H groups in total. The third-order valence-electron chi connectivity index (χ3n) is 10.1. The maximum atomic E-state index is 5.28. The molecule has 258 valence electrons. The van der Waals surface area contributed by atoms with Gasteiger partial charge in [0, 0.05) is 36.9 Å². The van der Waals surface area contributed by atoms with E-state index in [2.05, 4.69) is 188 Å². The molecule has 0 saturated carbocycles. The van der Waals surface area contributed by atoms with E-state index in [1.807, 2.05) is 23.5 Å². The van der Waals surface area contributed by atoms with E-state index in [0.29, 0.717) is 17.5 Å². The zero-order valence-electron chi connectivity index (χ0n) is 29.8. The Hall–Kier alpha value is -7.01. The molecule has 10 rings (SSSR count). The van der Waals surface area contributed by atoms with Crippen LogP contribution in [0.2, 0.25) is 0 Å². The van der Waals surface area contributed by atoms with Gasteiger partial charge in [-0.2, -0.15) is 0 Å². The van der Waals surface area contributed by atoms with Crippen LogP contribution in [0.15, 0.2) is 200 Å². The van der Waals surface area contributed by atoms with E-state index in [1.54, 1.807) is 0 Å². The molecule has 0 aliphatic heterocycles. The van der Waals surface area contributed by atoms with Crippen LogP contribution >= 0.6 is 11.3 Å². The molecule has 0 atom stereocenters. The van der Waals surface area contributed by atoms with Gasteiger partial charge in [0.15, 0.2) is 17.5 Å². The summed E-state index contributed by atoms with van der Waals surface area (Å²) in [6.07, 6.45) is 0. The van der Waals surface area contributed by atoms with Gasteiger partial charge in [-0.1, -0.05) is 164 Å². The van der Waals surface area contributed by atoms with Crippen LogP contribution in [0.3, 0.4) is 0 Å². The third-order valence-corrected chi connectivity index (χ3v) is 11.3. The molecule has 0 spiro atoms. The van der Waals surface area contributed by atoms with E-state index < -0.39 is 0 Å². The Morgan fingerprint density at radius 3 is 1.42 bits per heavy atom. The second kappa shape index (κ2) is 14.1. The number of hydrogen-bond donors (Lipinski definition) is 0. The maximum absolute atomic E-state index is 5.28. The molecular weight excluding hydrogens is 687 g/mol. The molecule has 10 aromatic rings. The molecular formula is C51H33N3S. The van der Waals surface area contributed by atoms with Crippen LogP contribution < -0.4 is 0 Å². The van der Waals surface area contributed by atoms with Gasteiger partial charge >= 0.3 is 0 Å². The third kappa shape index (κ3) is 6.39. The number of thiophene rings is 1. The molecule has 3 nitrogen and oxygen atoms in total. The molecule has 8 aromatic carbocycles. The lowest BCUT2D eigenvalue weighted by molar-refractivity contribution is 1.07. The van der Waals surface area contributed by atoms with Gasteiger partial charge in [-0.3, -0.25) is 0 Å². The lowest BCUT2D eigenvalue weighted by Gasteiger charge is -2.14. The second-order valence-electron chi connectivity index (χ2n) is 13.6. The smallest absolute Gasteiger partial charge is 0.164 e. The summed E-state index contributed by atoms with van der Waals surface area (Å²) < 4.78 is 2.58. The summed E-state index contributed by atoms with van der Waals surface area (Å²) in [5.74, 6) is 1.88. The van der Waals surface area contributed by atoms with Crippen molar-refractivity contribution < 1.29 is 0 Å². The van der Waals surface area contributed by atoms with Gasteiger partial charge in [-0.25, -0.2) is 15.0 Å². The van der Waals surface area contributed by atoms with Crippen LogP contribution in [0, 0.1) is 0 Å². The first-order chi connectivity index (χ1) is 27.2. The minimum Gasteiger partial charge on any atom is -0.208 e. The van der Waals surface area contributed by atoms with Crippen molar-refractivity contribution in [1.29, 1.82) is 0 Å². The second-order valence-corrected chi connectivity index (χ2v) is 14.7. The highest BCUT2D eigenvalue weighted by molar-refractivity contribution is 7.25. The average molecular weight is 720 g/mol. The van der Waals surface area contributed by atoms with Crippen LogP contribution in [-0.4, -0.2) is 15.0 Å². The Kier molecular flexibility index (Phi) is 8.36. The first kappa shape index (κ1) is 32.6. The van der Waals surface area contributed by atoms with Gasteiger partial charge in [-0.05, 0) is 80.9 Å². The monoisotopic (exact) mass is 719 g/mol. The number of fused-ring (bicyclic) bond motifs is 3. The van der Waals surface area contributed by atoms with Gasteiger partial charge in [0.25, 0.3) is 0 Å².